The average Bonchev–Trinajstić information content (AvgIpc) is 3.70. The monoisotopic (exact) mass is 668 g/mol. The van der Waals surface area contributed by atoms with Crippen LogP contribution in [0.5, 0.6) is 6.01 Å². The third-order valence-corrected chi connectivity index (χ3v) is 11.3. The molecule has 1 aliphatic heterocycles. The number of nitrogens with two attached hydrogens (primary N) is 1. The van der Waals surface area contributed by atoms with Crippen LogP contribution >= 0.6 is 11.3 Å². The van der Waals surface area contributed by atoms with Crippen LogP contribution in [0.25, 0.3) is 32.2 Å². The number of pyridine rings is 1. The van der Waals surface area contributed by atoms with E-state index in [0.717, 1.165) is 50.0 Å². The SMILES string of the molecule is CN(C)C1(CNc2nc(OCC3(CN4CCC(F)CC4)CC3)nc3c(F)c(-c4c(F)cc(F)c5sc(N)c(C#N)c45)ncc23)CCC1. The zero-order chi connectivity index (χ0) is 33.1. The summed E-state index contributed by atoms with van der Waals surface area (Å²) < 4.78 is 66.7. The fraction of sp³-hybridized carbons (Fsp3) is 0.515. The highest BCUT2D eigenvalue weighted by molar-refractivity contribution is 7.23. The van der Waals surface area contributed by atoms with E-state index >= 15 is 8.78 Å². The number of hydrogen-bond donors (Lipinski definition) is 2. The van der Waals surface area contributed by atoms with Crippen LogP contribution in [0, 0.1) is 34.2 Å². The Morgan fingerprint density at radius 1 is 1.15 bits per heavy atom. The number of benzene rings is 1. The van der Waals surface area contributed by atoms with Crippen LogP contribution < -0.4 is 15.8 Å². The van der Waals surface area contributed by atoms with Crippen LogP contribution in [0.1, 0.15) is 50.5 Å². The summed E-state index contributed by atoms with van der Waals surface area (Å²) in [5.74, 6) is -2.61. The zero-order valence-corrected chi connectivity index (χ0v) is 27.1. The van der Waals surface area contributed by atoms with E-state index in [0.29, 0.717) is 51.0 Å². The van der Waals surface area contributed by atoms with Crippen LogP contribution in [0.15, 0.2) is 12.3 Å². The van der Waals surface area contributed by atoms with Gasteiger partial charge in [-0.3, -0.25) is 4.98 Å². The summed E-state index contributed by atoms with van der Waals surface area (Å²) >= 11 is 0.790. The van der Waals surface area contributed by atoms with Crippen molar-refractivity contribution >= 4 is 43.1 Å². The quantitative estimate of drug-likeness (QED) is 0.189. The lowest BCUT2D eigenvalue weighted by atomic mass is 9.75. The molecular weight excluding hydrogens is 632 g/mol. The molecule has 0 radical (unpaired) electrons. The number of ether oxygens (including phenoxy) is 1. The minimum atomic E-state index is -1.08. The summed E-state index contributed by atoms with van der Waals surface area (Å²) in [4.78, 5) is 17.8. The lowest BCUT2D eigenvalue weighted by Gasteiger charge is -2.47. The van der Waals surface area contributed by atoms with Crippen molar-refractivity contribution in [3.63, 3.8) is 0 Å². The third kappa shape index (κ3) is 5.72. The van der Waals surface area contributed by atoms with Crippen molar-refractivity contribution in [1.82, 2.24) is 24.8 Å². The normalized spacial score (nSPS) is 19.2. The maximum absolute atomic E-state index is 16.6. The van der Waals surface area contributed by atoms with Crippen molar-refractivity contribution in [2.75, 3.05) is 57.9 Å². The van der Waals surface area contributed by atoms with E-state index in [2.05, 4.69) is 30.1 Å². The number of likely N-dealkylation sites (N-methyl/N-ethyl adjacent to an activating group) is 1. The van der Waals surface area contributed by atoms with E-state index in [1.165, 1.54) is 6.20 Å². The molecule has 0 unspecified atom stereocenters. The maximum atomic E-state index is 16.6. The largest absolute Gasteiger partial charge is 0.463 e. The first-order valence-corrected chi connectivity index (χ1v) is 16.7. The van der Waals surface area contributed by atoms with Crippen LogP contribution in [-0.2, 0) is 0 Å². The van der Waals surface area contributed by atoms with Crippen molar-refractivity contribution in [2.24, 2.45) is 5.41 Å². The van der Waals surface area contributed by atoms with Gasteiger partial charge in [0.15, 0.2) is 5.82 Å². The van der Waals surface area contributed by atoms with Crippen LogP contribution in [0.4, 0.5) is 28.4 Å². The maximum Gasteiger partial charge on any atom is 0.319 e. The van der Waals surface area contributed by atoms with Gasteiger partial charge in [0.05, 0.1) is 22.3 Å². The Balaban J connectivity index is 1.28. The molecule has 7 rings (SSSR count). The second-order valence-electron chi connectivity index (χ2n) is 13.5. The fourth-order valence-corrected chi connectivity index (χ4v) is 7.80. The van der Waals surface area contributed by atoms with Crippen LogP contribution in [0.2, 0.25) is 0 Å². The topological polar surface area (TPSA) is 116 Å². The highest BCUT2D eigenvalue weighted by atomic mass is 32.1. The van der Waals surface area contributed by atoms with Gasteiger partial charge in [0.25, 0.3) is 0 Å². The Kier molecular flexibility index (Phi) is 8.13. The molecule has 248 valence electrons. The molecule has 4 heterocycles. The van der Waals surface area contributed by atoms with Gasteiger partial charge in [-0.2, -0.15) is 15.2 Å². The van der Waals surface area contributed by atoms with Crippen molar-refractivity contribution < 1.29 is 22.3 Å². The molecule has 0 amide bonds. The number of thiophene rings is 1. The average molecular weight is 669 g/mol. The standard InChI is InChI=1S/C33H36F4N8OS/c1-44(2)33(6-3-7-33)15-41-30-20-14-40-27(24-21(35)12-22(36)28-23(24)19(13-38)29(39)47-28)25(37)26(20)42-31(43-30)46-17-32(8-9-32)16-45-10-4-18(34)5-11-45/h12,14,18H,3-11,15-17,39H2,1-2H3,(H,41,42,43). The molecule has 47 heavy (non-hydrogen) atoms. The number of hydrogen-bond acceptors (Lipinski definition) is 10. The van der Waals surface area contributed by atoms with Crippen molar-refractivity contribution in [3.8, 4) is 23.3 Å². The second kappa shape index (κ2) is 12.0. The lowest BCUT2D eigenvalue weighted by molar-refractivity contribution is 0.0738. The molecule has 2 saturated carbocycles. The predicted molar refractivity (Wildman–Crippen MR) is 174 cm³/mol. The summed E-state index contributed by atoms with van der Waals surface area (Å²) in [5.41, 5.74) is 4.67. The Hall–Kier alpha value is -3.80. The third-order valence-electron chi connectivity index (χ3n) is 10.3. The number of piperidine rings is 1. The first-order valence-electron chi connectivity index (χ1n) is 15.9. The van der Waals surface area contributed by atoms with Gasteiger partial charge in [-0.05, 0) is 59.0 Å². The molecule has 0 atom stereocenters. The van der Waals surface area contributed by atoms with Crippen LogP contribution in [-0.4, -0.2) is 83.3 Å². The molecule has 2 aliphatic carbocycles. The minimum absolute atomic E-state index is 0.00664. The zero-order valence-electron chi connectivity index (χ0n) is 26.3. The van der Waals surface area contributed by atoms with E-state index in [4.69, 9.17) is 10.5 Å². The number of halogens is 4. The number of aromatic nitrogens is 3. The van der Waals surface area contributed by atoms with Gasteiger partial charge in [-0.1, -0.05) is 0 Å². The van der Waals surface area contributed by atoms with E-state index < -0.39 is 29.3 Å². The summed E-state index contributed by atoms with van der Waals surface area (Å²) in [6.45, 7) is 3.03. The molecule has 3 N–H and O–H groups in total. The number of nitrogen functional groups attached to an aromatic ring is 1. The van der Waals surface area contributed by atoms with Crippen molar-refractivity contribution in [2.45, 2.75) is 56.7 Å². The Bertz CT molecular complexity index is 1890. The molecule has 4 aromatic rings. The molecule has 9 nitrogen and oxygen atoms in total. The number of anilines is 2. The molecule has 3 aromatic heterocycles. The molecular formula is C33H36F4N8OS. The number of alkyl halides is 1. The summed E-state index contributed by atoms with van der Waals surface area (Å²) in [7, 11) is 4.05. The van der Waals surface area contributed by atoms with Crippen molar-refractivity contribution in [3.05, 3.63) is 35.3 Å². The Labute approximate surface area is 273 Å². The molecule has 3 aliphatic rings. The molecule has 0 bridgehead atoms. The van der Waals surface area contributed by atoms with E-state index in [9.17, 15) is 14.0 Å². The Morgan fingerprint density at radius 3 is 2.53 bits per heavy atom. The molecule has 0 spiro atoms. The van der Waals surface area contributed by atoms with E-state index in [-0.39, 0.29) is 54.1 Å². The van der Waals surface area contributed by atoms with Gasteiger partial charge >= 0.3 is 6.01 Å². The number of nitriles is 1. The fourth-order valence-electron chi connectivity index (χ4n) is 6.87. The highest BCUT2D eigenvalue weighted by Gasteiger charge is 2.45. The molecule has 3 fully saturated rings. The minimum Gasteiger partial charge on any atom is -0.463 e. The first kappa shape index (κ1) is 31.8. The van der Waals surface area contributed by atoms with Gasteiger partial charge in [0.2, 0.25) is 0 Å². The number of nitrogens with one attached hydrogen (secondary N) is 1. The van der Waals surface area contributed by atoms with Gasteiger partial charge in [0, 0.05) is 60.3 Å². The lowest BCUT2D eigenvalue weighted by Crippen LogP contribution is -2.54. The summed E-state index contributed by atoms with van der Waals surface area (Å²) in [6, 6.07) is 2.50. The highest BCUT2D eigenvalue weighted by Crippen LogP contribution is 2.47. The molecule has 1 saturated heterocycles. The number of rotatable bonds is 10. The second-order valence-corrected chi connectivity index (χ2v) is 14.5. The smallest absolute Gasteiger partial charge is 0.319 e. The number of fused-ring (bicyclic) bond motifs is 2. The number of likely N-dealkylation sites (tertiary alicyclic amines) is 1. The Morgan fingerprint density at radius 2 is 1.89 bits per heavy atom. The molecule has 14 heteroatoms. The number of nitrogens with zero attached hydrogens (tertiary/aromatic N) is 6. The van der Waals surface area contributed by atoms with Crippen LogP contribution in [0.3, 0.4) is 0 Å². The van der Waals surface area contributed by atoms with E-state index in [1.807, 2.05) is 20.2 Å². The van der Waals surface area contributed by atoms with Gasteiger partial charge in [0.1, 0.15) is 45.9 Å². The summed E-state index contributed by atoms with van der Waals surface area (Å²) in [6.07, 6.45) is 6.62. The summed E-state index contributed by atoms with van der Waals surface area (Å²) in [5, 5.41) is 13.3. The van der Waals surface area contributed by atoms with Gasteiger partial charge in [-0.15, -0.1) is 11.3 Å². The molecule has 1 aromatic carbocycles. The first-order chi connectivity index (χ1) is 22.5. The van der Waals surface area contributed by atoms with E-state index in [1.54, 1.807) is 0 Å². The predicted octanol–water partition coefficient (Wildman–Crippen LogP) is 6.27. The van der Waals surface area contributed by atoms with Crippen molar-refractivity contribution in [1.29, 1.82) is 5.26 Å². The van der Waals surface area contributed by atoms with Gasteiger partial charge in [-0.25, -0.2) is 17.6 Å². The van der Waals surface area contributed by atoms with Gasteiger partial charge < -0.3 is 25.6 Å².